The second-order valence-corrected chi connectivity index (χ2v) is 4.30. The monoisotopic (exact) mass is 195 g/mol. The molecule has 2 fully saturated rings. The van der Waals surface area contributed by atoms with Crippen molar-refractivity contribution in [3.05, 3.63) is 0 Å². The Labute approximate surface area is 87.3 Å². The summed E-state index contributed by atoms with van der Waals surface area (Å²) in [5, 5.41) is 8.55. The Hall–Kier alpha value is -0.550. The van der Waals surface area contributed by atoms with E-state index >= 15 is 0 Å². The maximum atomic E-state index is 8.55. The molecule has 1 aliphatic heterocycles. The fourth-order valence-electron chi connectivity index (χ4n) is 2.30. The van der Waals surface area contributed by atoms with Gasteiger partial charge in [-0.1, -0.05) is 13.8 Å². The molecule has 0 atom stereocenters. The van der Waals surface area contributed by atoms with Crippen LogP contribution in [0.3, 0.4) is 0 Å². The maximum absolute atomic E-state index is 8.55. The van der Waals surface area contributed by atoms with Gasteiger partial charge in [0, 0.05) is 11.8 Å². The molecule has 80 valence electrons. The minimum absolute atomic E-state index is 0.548. The minimum Gasteiger partial charge on any atom is -0.380 e. The van der Waals surface area contributed by atoms with Crippen molar-refractivity contribution in [1.29, 1.82) is 5.26 Å². The lowest BCUT2D eigenvalue weighted by atomic mass is 9.69. The summed E-state index contributed by atoms with van der Waals surface area (Å²) >= 11 is 0. The summed E-state index contributed by atoms with van der Waals surface area (Å²) in [6.45, 7) is 5.96. The Kier molecular flexibility index (Phi) is 4.41. The van der Waals surface area contributed by atoms with Crippen molar-refractivity contribution < 1.29 is 4.74 Å². The molecule has 0 N–H and O–H groups in total. The highest BCUT2D eigenvalue weighted by Crippen LogP contribution is 2.44. The highest BCUT2D eigenvalue weighted by molar-refractivity contribution is 4.92. The molecule has 1 heterocycles. The molecule has 1 spiro atoms. The van der Waals surface area contributed by atoms with Gasteiger partial charge in [0.05, 0.1) is 19.3 Å². The molecule has 14 heavy (non-hydrogen) atoms. The van der Waals surface area contributed by atoms with Crippen LogP contribution in [0.25, 0.3) is 0 Å². The van der Waals surface area contributed by atoms with Crippen molar-refractivity contribution in [2.45, 2.75) is 46.0 Å². The summed E-state index contributed by atoms with van der Waals surface area (Å²) in [6, 6.07) is 2.27. The zero-order valence-electron chi connectivity index (χ0n) is 9.38. The number of nitriles is 1. The molecule has 0 radical (unpaired) electrons. The summed E-state index contributed by atoms with van der Waals surface area (Å²) in [4.78, 5) is 0. The van der Waals surface area contributed by atoms with E-state index in [2.05, 4.69) is 6.07 Å². The van der Waals surface area contributed by atoms with Gasteiger partial charge in [0.15, 0.2) is 0 Å². The van der Waals surface area contributed by atoms with Gasteiger partial charge in [0.2, 0.25) is 0 Å². The highest BCUT2D eigenvalue weighted by atomic mass is 16.5. The molecular weight excluding hydrogens is 174 g/mol. The van der Waals surface area contributed by atoms with E-state index in [1.54, 1.807) is 0 Å². The van der Waals surface area contributed by atoms with Crippen LogP contribution in [-0.4, -0.2) is 13.2 Å². The van der Waals surface area contributed by atoms with Crippen molar-refractivity contribution in [2.24, 2.45) is 11.3 Å². The average molecular weight is 195 g/mol. The second kappa shape index (κ2) is 5.36. The van der Waals surface area contributed by atoms with Crippen LogP contribution in [0.2, 0.25) is 0 Å². The van der Waals surface area contributed by atoms with Crippen molar-refractivity contribution in [3.63, 3.8) is 0 Å². The van der Waals surface area contributed by atoms with Gasteiger partial charge in [-0.15, -0.1) is 0 Å². The summed E-state index contributed by atoms with van der Waals surface area (Å²) in [6.07, 6.45) is 5.84. The van der Waals surface area contributed by atoms with Gasteiger partial charge in [0.1, 0.15) is 0 Å². The molecule has 2 heteroatoms. The topological polar surface area (TPSA) is 33.0 Å². The summed E-state index contributed by atoms with van der Waals surface area (Å²) in [5.74, 6) is 0.682. The van der Waals surface area contributed by atoms with Crippen molar-refractivity contribution in [1.82, 2.24) is 0 Å². The number of nitrogens with zero attached hydrogens (tertiary/aromatic N) is 1. The molecule has 2 rings (SSSR count). The molecule has 0 bridgehead atoms. The summed E-state index contributed by atoms with van der Waals surface area (Å²) in [5.41, 5.74) is 0.548. The first-order valence-corrected chi connectivity index (χ1v) is 5.79. The number of hydrogen-bond acceptors (Lipinski definition) is 2. The number of hydrogen-bond donors (Lipinski definition) is 0. The Morgan fingerprint density at radius 1 is 1.29 bits per heavy atom. The van der Waals surface area contributed by atoms with Crippen LogP contribution in [0.15, 0.2) is 0 Å². The Morgan fingerprint density at radius 3 is 2.21 bits per heavy atom. The quantitative estimate of drug-likeness (QED) is 0.644. The third-order valence-electron chi connectivity index (χ3n) is 3.36. The molecule has 1 saturated heterocycles. The number of rotatable bonds is 1. The predicted octanol–water partition coefficient (Wildman–Crippen LogP) is 3.13. The first-order chi connectivity index (χ1) is 6.85. The van der Waals surface area contributed by atoms with Gasteiger partial charge in [-0.05, 0) is 31.6 Å². The molecular formula is C12H21NO. The highest BCUT2D eigenvalue weighted by Gasteiger charge is 2.41. The summed E-state index contributed by atoms with van der Waals surface area (Å²) in [7, 11) is 0. The molecule has 0 amide bonds. The smallest absolute Gasteiger partial charge is 0.0624 e. The van der Waals surface area contributed by atoms with E-state index in [0.717, 1.165) is 19.6 Å². The van der Waals surface area contributed by atoms with Crippen molar-refractivity contribution in [2.75, 3.05) is 13.2 Å². The Bertz CT molecular complexity index is 193. The zero-order chi connectivity index (χ0) is 10.4. The fourth-order valence-corrected chi connectivity index (χ4v) is 2.30. The van der Waals surface area contributed by atoms with E-state index in [1.807, 2.05) is 13.8 Å². The van der Waals surface area contributed by atoms with Gasteiger partial charge in [-0.3, -0.25) is 0 Å². The lowest BCUT2D eigenvalue weighted by Gasteiger charge is -2.46. The minimum atomic E-state index is 0.548. The average Bonchev–Trinajstić information content (AvgIpc) is 2.20. The van der Waals surface area contributed by atoms with E-state index in [0.29, 0.717) is 11.3 Å². The molecule has 0 aromatic carbocycles. The van der Waals surface area contributed by atoms with Crippen molar-refractivity contribution >= 4 is 0 Å². The SMILES string of the molecule is CC.N#CCC1CCC2(CC1)COC2. The van der Waals surface area contributed by atoms with Gasteiger partial charge < -0.3 is 4.74 Å². The van der Waals surface area contributed by atoms with E-state index in [4.69, 9.17) is 10.00 Å². The molecule has 0 aromatic heterocycles. The van der Waals surface area contributed by atoms with E-state index in [1.165, 1.54) is 25.7 Å². The largest absolute Gasteiger partial charge is 0.380 e. The van der Waals surface area contributed by atoms with E-state index in [-0.39, 0.29) is 0 Å². The van der Waals surface area contributed by atoms with Crippen LogP contribution in [0.1, 0.15) is 46.0 Å². The predicted molar refractivity (Wildman–Crippen MR) is 56.8 cm³/mol. The van der Waals surface area contributed by atoms with Crippen LogP contribution < -0.4 is 0 Å². The van der Waals surface area contributed by atoms with Crippen LogP contribution in [0.4, 0.5) is 0 Å². The first kappa shape index (κ1) is 11.5. The van der Waals surface area contributed by atoms with Crippen LogP contribution >= 0.6 is 0 Å². The van der Waals surface area contributed by atoms with E-state index < -0.39 is 0 Å². The lowest BCUT2D eigenvalue weighted by Crippen LogP contribution is -2.45. The van der Waals surface area contributed by atoms with Crippen molar-refractivity contribution in [3.8, 4) is 6.07 Å². The lowest BCUT2D eigenvalue weighted by molar-refractivity contribution is -0.136. The molecule has 2 nitrogen and oxygen atoms in total. The van der Waals surface area contributed by atoms with E-state index in [9.17, 15) is 0 Å². The van der Waals surface area contributed by atoms with Crippen LogP contribution in [-0.2, 0) is 4.74 Å². The third kappa shape index (κ3) is 2.48. The molecule has 2 aliphatic rings. The van der Waals surface area contributed by atoms with Gasteiger partial charge in [0.25, 0.3) is 0 Å². The first-order valence-electron chi connectivity index (χ1n) is 5.79. The number of ether oxygens (including phenoxy) is 1. The van der Waals surface area contributed by atoms with Gasteiger partial charge in [-0.2, -0.15) is 5.26 Å². The Balaban J connectivity index is 0.000000461. The van der Waals surface area contributed by atoms with Crippen LogP contribution in [0.5, 0.6) is 0 Å². The standard InChI is InChI=1S/C10H15NO.C2H6/c11-6-3-9-1-4-10(5-2-9)7-12-8-10;1-2/h9H,1-5,7-8H2;1-2H3. The maximum Gasteiger partial charge on any atom is 0.0624 e. The molecule has 0 aromatic rings. The molecule has 0 unspecified atom stereocenters. The van der Waals surface area contributed by atoms with Gasteiger partial charge >= 0.3 is 0 Å². The van der Waals surface area contributed by atoms with Crippen LogP contribution in [0, 0.1) is 22.7 Å². The van der Waals surface area contributed by atoms with Gasteiger partial charge in [-0.25, -0.2) is 0 Å². The zero-order valence-corrected chi connectivity index (χ0v) is 9.38. The third-order valence-corrected chi connectivity index (χ3v) is 3.36. The Morgan fingerprint density at radius 2 is 1.86 bits per heavy atom. The summed E-state index contributed by atoms with van der Waals surface area (Å²) < 4.78 is 5.25. The molecule has 1 aliphatic carbocycles. The second-order valence-electron chi connectivity index (χ2n) is 4.30. The fraction of sp³-hybridized carbons (Fsp3) is 0.917. The normalized spacial score (nSPS) is 24.4. The molecule has 1 saturated carbocycles.